The predicted molar refractivity (Wildman–Crippen MR) is 59.2 cm³/mol. The van der Waals surface area contributed by atoms with E-state index in [4.69, 9.17) is 15.0 Å². The maximum atomic E-state index is 11.7. The molecule has 0 saturated heterocycles. The van der Waals surface area contributed by atoms with E-state index in [1.165, 1.54) is 0 Å². The van der Waals surface area contributed by atoms with Gasteiger partial charge >= 0.3 is 5.97 Å². The number of rotatable bonds is 7. The number of esters is 1. The Labute approximate surface area is 90.8 Å². The van der Waals surface area contributed by atoms with Crippen LogP contribution in [0.3, 0.4) is 0 Å². The van der Waals surface area contributed by atoms with Crippen molar-refractivity contribution in [3.05, 3.63) is 0 Å². The van der Waals surface area contributed by atoms with Crippen molar-refractivity contribution in [2.45, 2.75) is 26.3 Å². The first-order valence-electron chi connectivity index (χ1n) is 5.06. The summed E-state index contributed by atoms with van der Waals surface area (Å²) in [5, 5.41) is 0. The van der Waals surface area contributed by atoms with Crippen LogP contribution in [0, 0.1) is 0 Å². The van der Waals surface area contributed by atoms with Crippen LogP contribution in [0.2, 0.25) is 0 Å². The van der Waals surface area contributed by atoms with Crippen molar-refractivity contribution in [3.8, 4) is 0 Å². The Bertz CT molecular complexity index is 244. The summed E-state index contributed by atoms with van der Waals surface area (Å²) in [5.41, 5.74) is 5.56. The number of carbonyl (C=O) groups excluding carboxylic acids is 1. The van der Waals surface area contributed by atoms with Crippen LogP contribution >= 0.6 is 7.37 Å². The first-order valence-corrected chi connectivity index (χ1v) is 7.32. The van der Waals surface area contributed by atoms with Crippen LogP contribution in [0.1, 0.15) is 20.3 Å². The summed E-state index contributed by atoms with van der Waals surface area (Å²) in [7, 11) is -2.59. The highest BCUT2D eigenvalue weighted by atomic mass is 31.2. The molecule has 0 fully saturated rings. The fourth-order valence-corrected chi connectivity index (χ4v) is 2.50. The summed E-state index contributed by atoms with van der Waals surface area (Å²) in [6.07, 6.45) is 0.632. The molecule has 0 aliphatic rings. The molecule has 1 unspecified atom stereocenters. The van der Waals surface area contributed by atoms with Crippen molar-refractivity contribution in [2.75, 3.05) is 26.0 Å². The summed E-state index contributed by atoms with van der Waals surface area (Å²) in [5.74, 6) is -0.450. The molecule has 0 aromatic carbocycles. The van der Waals surface area contributed by atoms with E-state index in [-0.39, 0.29) is 0 Å². The number of hydrogen-bond donors (Lipinski definition) is 1. The average molecular weight is 237 g/mol. The number of nitrogens with two attached hydrogens (primary N) is 1. The molecule has 0 bridgehead atoms. The Kier molecular flexibility index (Phi) is 6.81. The molecule has 2 N–H and O–H groups in total. The predicted octanol–water partition coefficient (Wildman–Crippen LogP) is 1.21. The Hall–Kier alpha value is -0.380. The average Bonchev–Trinajstić information content (AvgIpc) is 2.14. The van der Waals surface area contributed by atoms with Gasteiger partial charge < -0.3 is 15.0 Å². The van der Waals surface area contributed by atoms with E-state index < -0.39 is 19.4 Å². The molecule has 0 rings (SSSR count). The molecule has 0 aromatic rings. The fraction of sp³-hybridized carbons (Fsp3) is 0.889. The lowest BCUT2D eigenvalue weighted by Gasteiger charge is -2.15. The lowest BCUT2D eigenvalue weighted by atomic mass is 10.2. The summed E-state index contributed by atoms with van der Waals surface area (Å²) in [4.78, 5) is 11.1. The molecule has 0 amide bonds. The monoisotopic (exact) mass is 237 g/mol. The van der Waals surface area contributed by atoms with Gasteiger partial charge in [0.05, 0.1) is 13.2 Å². The van der Waals surface area contributed by atoms with Gasteiger partial charge in [-0.05, 0) is 20.3 Å². The van der Waals surface area contributed by atoms with E-state index in [2.05, 4.69) is 0 Å². The fourth-order valence-electron chi connectivity index (χ4n) is 1.08. The van der Waals surface area contributed by atoms with Gasteiger partial charge in [0.25, 0.3) is 0 Å². The molecule has 15 heavy (non-hydrogen) atoms. The van der Waals surface area contributed by atoms with E-state index in [9.17, 15) is 9.36 Å². The van der Waals surface area contributed by atoms with Crippen molar-refractivity contribution in [1.82, 2.24) is 0 Å². The Balaban J connectivity index is 3.94. The SMILES string of the molecule is CCOC(=O)[C@@H](N)CCP(C)(=O)OCC. The Morgan fingerprint density at radius 2 is 2.00 bits per heavy atom. The van der Waals surface area contributed by atoms with Crippen molar-refractivity contribution in [2.24, 2.45) is 5.73 Å². The standard InChI is InChI=1S/C9H20NO4P/c1-4-13-9(11)8(10)6-7-15(3,12)14-5-2/h8H,4-7,10H2,1-3H3/t8-,15?/m0/s1. The molecule has 0 aliphatic carbocycles. The smallest absolute Gasteiger partial charge is 0.322 e. The van der Waals surface area contributed by atoms with Gasteiger partial charge in [0.1, 0.15) is 6.04 Å². The highest BCUT2D eigenvalue weighted by Crippen LogP contribution is 2.42. The third-order valence-electron chi connectivity index (χ3n) is 1.84. The van der Waals surface area contributed by atoms with Crippen molar-refractivity contribution in [1.29, 1.82) is 0 Å². The number of ether oxygens (including phenoxy) is 1. The van der Waals surface area contributed by atoms with Crippen LogP contribution in [0.5, 0.6) is 0 Å². The van der Waals surface area contributed by atoms with E-state index in [0.717, 1.165) is 0 Å². The van der Waals surface area contributed by atoms with Crippen LogP contribution in [0.25, 0.3) is 0 Å². The molecule has 0 aliphatic heterocycles. The molecule has 0 heterocycles. The molecule has 90 valence electrons. The maximum Gasteiger partial charge on any atom is 0.322 e. The van der Waals surface area contributed by atoms with Gasteiger partial charge in [-0.1, -0.05) is 0 Å². The Morgan fingerprint density at radius 1 is 1.40 bits per heavy atom. The van der Waals surface area contributed by atoms with Crippen molar-refractivity contribution >= 4 is 13.3 Å². The molecule has 6 heteroatoms. The minimum Gasteiger partial charge on any atom is -0.465 e. The third kappa shape index (κ3) is 6.66. The van der Waals surface area contributed by atoms with Crippen LogP contribution in [-0.4, -0.2) is 38.1 Å². The summed E-state index contributed by atoms with van der Waals surface area (Å²) in [6.45, 7) is 5.76. The van der Waals surface area contributed by atoms with Gasteiger partial charge in [-0.15, -0.1) is 0 Å². The summed E-state index contributed by atoms with van der Waals surface area (Å²) >= 11 is 0. The lowest BCUT2D eigenvalue weighted by Crippen LogP contribution is -2.33. The molecular weight excluding hydrogens is 217 g/mol. The first kappa shape index (κ1) is 14.6. The zero-order chi connectivity index (χ0) is 11.9. The van der Waals surface area contributed by atoms with E-state index >= 15 is 0 Å². The van der Waals surface area contributed by atoms with Gasteiger partial charge in [-0.25, -0.2) is 0 Å². The van der Waals surface area contributed by atoms with Crippen LogP contribution in [0.15, 0.2) is 0 Å². The lowest BCUT2D eigenvalue weighted by molar-refractivity contribution is -0.144. The van der Waals surface area contributed by atoms with Crippen molar-refractivity contribution in [3.63, 3.8) is 0 Å². The Morgan fingerprint density at radius 3 is 2.47 bits per heavy atom. The molecule has 0 spiro atoms. The third-order valence-corrected chi connectivity index (χ3v) is 3.71. The quantitative estimate of drug-likeness (QED) is 0.532. The van der Waals surface area contributed by atoms with Gasteiger partial charge in [0.15, 0.2) is 7.37 Å². The van der Waals surface area contributed by atoms with Crippen molar-refractivity contribution < 1.29 is 18.6 Å². The normalized spacial score (nSPS) is 16.8. The van der Waals surface area contributed by atoms with Crippen LogP contribution in [0.4, 0.5) is 0 Å². The topological polar surface area (TPSA) is 78.6 Å². The largest absolute Gasteiger partial charge is 0.465 e. The molecular formula is C9H20NO4P. The van der Waals surface area contributed by atoms with Gasteiger partial charge in [0.2, 0.25) is 0 Å². The second kappa shape index (κ2) is 6.99. The molecule has 2 atom stereocenters. The molecule has 0 aromatic heterocycles. The molecule has 5 nitrogen and oxygen atoms in total. The van der Waals surface area contributed by atoms with E-state index in [1.807, 2.05) is 0 Å². The van der Waals surface area contributed by atoms with E-state index in [1.54, 1.807) is 20.5 Å². The first-order chi connectivity index (χ1) is 6.93. The zero-order valence-corrected chi connectivity index (χ0v) is 10.5. The second-order valence-electron chi connectivity index (χ2n) is 3.30. The van der Waals surface area contributed by atoms with Gasteiger partial charge in [-0.2, -0.15) is 0 Å². The highest BCUT2D eigenvalue weighted by molar-refractivity contribution is 7.58. The number of carbonyl (C=O) groups is 1. The van der Waals surface area contributed by atoms with Gasteiger partial charge in [0, 0.05) is 12.8 Å². The van der Waals surface area contributed by atoms with Crippen LogP contribution < -0.4 is 5.73 Å². The maximum absolute atomic E-state index is 11.7. The minimum absolute atomic E-state index is 0.306. The molecule has 0 saturated carbocycles. The van der Waals surface area contributed by atoms with Crippen LogP contribution in [-0.2, 0) is 18.6 Å². The molecule has 0 radical (unpaired) electrons. The zero-order valence-electron chi connectivity index (χ0n) is 9.56. The van der Waals surface area contributed by atoms with E-state index in [0.29, 0.717) is 25.8 Å². The summed E-state index contributed by atoms with van der Waals surface area (Å²) < 4.78 is 21.5. The highest BCUT2D eigenvalue weighted by Gasteiger charge is 2.21. The summed E-state index contributed by atoms with van der Waals surface area (Å²) in [6, 6.07) is -0.710. The van der Waals surface area contributed by atoms with Gasteiger partial charge in [-0.3, -0.25) is 9.36 Å². The second-order valence-corrected chi connectivity index (χ2v) is 6.04. The number of hydrogen-bond acceptors (Lipinski definition) is 5. The minimum atomic E-state index is -2.59.